The summed E-state index contributed by atoms with van der Waals surface area (Å²) < 4.78 is 0. The lowest BCUT2D eigenvalue weighted by Gasteiger charge is -2.19. The van der Waals surface area contributed by atoms with Gasteiger partial charge in [-0.2, -0.15) is 0 Å². The van der Waals surface area contributed by atoms with Crippen molar-refractivity contribution in [1.29, 1.82) is 0 Å². The number of hydrogen-bond acceptors (Lipinski definition) is 2. The normalized spacial score (nSPS) is 12.7. The highest BCUT2D eigenvalue weighted by atomic mass is 15.2. The van der Waals surface area contributed by atoms with Gasteiger partial charge in [0, 0.05) is 0 Å². The van der Waals surface area contributed by atoms with Crippen molar-refractivity contribution >= 4 is 54.5 Å². The molecule has 0 saturated heterocycles. The van der Waals surface area contributed by atoms with Gasteiger partial charge in [-0.15, -0.1) is 0 Å². The van der Waals surface area contributed by atoms with Gasteiger partial charge in [-0.1, -0.05) is 146 Å². The van der Waals surface area contributed by atoms with Gasteiger partial charge in [0.1, 0.15) is 6.17 Å². The molecule has 49 heavy (non-hydrogen) atoms. The molecule has 2 heteroatoms. The third-order valence-electron chi connectivity index (χ3n) is 10.2. The van der Waals surface area contributed by atoms with E-state index in [9.17, 15) is 0 Å². The molecule has 0 radical (unpaired) electrons. The maximum absolute atomic E-state index is 3.61. The molecular formula is C47H32N2. The lowest BCUT2D eigenvalue weighted by molar-refractivity contribution is 0.942. The van der Waals surface area contributed by atoms with Crippen LogP contribution in [0.25, 0.3) is 76.5 Å². The lowest BCUT2D eigenvalue weighted by Crippen LogP contribution is -2.11. The number of para-hydroxylation sites is 2. The van der Waals surface area contributed by atoms with Crippen molar-refractivity contribution in [3.05, 3.63) is 181 Å². The molecule has 9 aromatic rings. The highest BCUT2D eigenvalue weighted by Crippen LogP contribution is 2.46. The van der Waals surface area contributed by atoms with Gasteiger partial charge in [0.2, 0.25) is 0 Å². The molecule has 0 spiro atoms. The summed E-state index contributed by atoms with van der Waals surface area (Å²) in [5.41, 5.74) is 10.9. The van der Waals surface area contributed by atoms with Crippen molar-refractivity contribution < 1.29 is 0 Å². The van der Waals surface area contributed by atoms with E-state index in [1.54, 1.807) is 0 Å². The molecule has 0 fully saturated rings. The molecule has 230 valence electrons. The van der Waals surface area contributed by atoms with Gasteiger partial charge in [-0.25, -0.2) is 0 Å². The first-order valence-electron chi connectivity index (χ1n) is 17.0. The van der Waals surface area contributed by atoms with Crippen LogP contribution in [0.15, 0.2) is 176 Å². The van der Waals surface area contributed by atoms with E-state index >= 15 is 0 Å². The Labute approximate surface area is 285 Å². The van der Waals surface area contributed by atoms with E-state index < -0.39 is 0 Å². The van der Waals surface area contributed by atoms with Crippen LogP contribution in [0.4, 0.5) is 11.4 Å². The first-order chi connectivity index (χ1) is 24.3. The van der Waals surface area contributed by atoms with Crippen LogP contribution < -0.4 is 10.6 Å². The topological polar surface area (TPSA) is 24.1 Å². The monoisotopic (exact) mass is 624 g/mol. The van der Waals surface area contributed by atoms with Gasteiger partial charge in [0.15, 0.2) is 0 Å². The zero-order chi connectivity index (χ0) is 32.3. The summed E-state index contributed by atoms with van der Waals surface area (Å²) in [6.07, 6.45) is 0.0541. The number of nitrogens with one attached hydrogen (secondary N) is 2. The van der Waals surface area contributed by atoms with Gasteiger partial charge in [-0.3, -0.25) is 0 Å². The van der Waals surface area contributed by atoms with Gasteiger partial charge < -0.3 is 10.6 Å². The molecule has 0 unspecified atom stereocenters. The van der Waals surface area contributed by atoms with Crippen LogP contribution in [-0.2, 0) is 0 Å². The Bertz CT molecular complexity index is 2700. The van der Waals surface area contributed by atoms with E-state index in [1.807, 2.05) is 0 Å². The standard InChI is InChI=1S/C47H32N2/c1-3-11-34-27-37(23-19-30(34)9-1)45-39-13-5-6-14-40(39)46(38-24-20-31-10-2-4-12-35(31)28-38)42-29-36(25-26-41(42)45)32-17-21-33(22-18-32)47-48-43-15-7-8-16-44(43)49-47/h1-29,47-49H. The fraction of sp³-hybridized carbons (Fsp3) is 0.0213. The predicted octanol–water partition coefficient (Wildman–Crippen LogP) is 12.8. The Kier molecular flexibility index (Phi) is 6.28. The first kappa shape index (κ1) is 27.7. The zero-order valence-corrected chi connectivity index (χ0v) is 26.8. The van der Waals surface area contributed by atoms with Crippen LogP contribution in [-0.4, -0.2) is 0 Å². The second-order valence-corrected chi connectivity index (χ2v) is 13.1. The largest absolute Gasteiger partial charge is 0.360 e. The molecule has 10 rings (SSSR count). The quantitative estimate of drug-likeness (QED) is 0.190. The Hall–Kier alpha value is -6.38. The van der Waals surface area contributed by atoms with Gasteiger partial charge in [0.25, 0.3) is 0 Å². The number of anilines is 2. The third-order valence-corrected chi connectivity index (χ3v) is 10.2. The minimum absolute atomic E-state index is 0.0541. The van der Waals surface area contributed by atoms with E-state index in [0.717, 1.165) is 11.4 Å². The van der Waals surface area contributed by atoms with Crippen molar-refractivity contribution in [2.24, 2.45) is 0 Å². The van der Waals surface area contributed by atoms with Crippen LogP contribution in [0, 0.1) is 0 Å². The molecule has 0 saturated carbocycles. The number of rotatable bonds is 4. The van der Waals surface area contributed by atoms with Gasteiger partial charge in [-0.05, 0) is 112 Å². The predicted molar refractivity (Wildman–Crippen MR) is 209 cm³/mol. The summed E-state index contributed by atoms with van der Waals surface area (Å²) in [6, 6.07) is 64.4. The third kappa shape index (κ3) is 4.64. The Balaban J connectivity index is 1.18. The summed E-state index contributed by atoms with van der Waals surface area (Å²) >= 11 is 0. The van der Waals surface area contributed by atoms with Crippen molar-refractivity contribution in [2.45, 2.75) is 6.17 Å². The van der Waals surface area contributed by atoms with E-state index in [1.165, 1.54) is 82.0 Å². The van der Waals surface area contributed by atoms with Gasteiger partial charge in [0.05, 0.1) is 11.4 Å². The number of fused-ring (bicyclic) bond motifs is 5. The molecule has 2 nitrogen and oxygen atoms in total. The molecule has 9 aromatic carbocycles. The summed E-state index contributed by atoms with van der Waals surface area (Å²) in [6.45, 7) is 0. The van der Waals surface area contributed by atoms with Crippen LogP contribution in [0.2, 0.25) is 0 Å². The maximum atomic E-state index is 3.61. The van der Waals surface area contributed by atoms with E-state index in [2.05, 4.69) is 187 Å². The molecule has 1 aliphatic heterocycles. The van der Waals surface area contributed by atoms with E-state index in [0.29, 0.717) is 0 Å². The van der Waals surface area contributed by atoms with Crippen LogP contribution in [0.3, 0.4) is 0 Å². The number of hydrogen-bond donors (Lipinski definition) is 2. The molecule has 0 atom stereocenters. The summed E-state index contributed by atoms with van der Waals surface area (Å²) in [4.78, 5) is 0. The van der Waals surface area contributed by atoms with Crippen LogP contribution in [0.5, 0.6) is 0 Å². The van der Waals surface area contributed by atoms with Gasteiger partial charge >= 0.3 is 0 Å². The minimum Gasteiger partial charge on any atom is -0.360 e. The van der Waals surface area contributed by atoms with Crippen LogP contribution in [0.1, 0.15) is 11.7 Å². The average Bonchev–Trinajstić information content (AvgIpc) is 3.61. The van der Waals surface area contributed by atoms with Crippen molar-refractivity contribution in [3.63, 3.8) is 0 Å². The highest BCUT2D eigenvalue weighted by Gasteiger charge is 2.21. The van der Waals surface area contributed by atoms with Crippen molar-refractivity contribution in [3.8, 4) is 33.4 Å². The molecule has 1 heterocycles. The highest BCUT2D eigenvalue weighted by molar-refractivity contribution is 6.22. The molecule has 2 N–H and O–H groups in total. The molecule has 0 aliphatic carbocycles. The summed E-state index contributed by atoms with van der Waals surface area (Å²) in [5.74, 6) is 0. The van der Waals surface area contributed by atoms with Crippen LogP contribution >= 0.6 is 0 Å². The molecule has 0 amide bonds. The molecule has 1 aliphatic rings. The maximum Gasteiger partial charge on any atom is 0.123 e. The van der Waals surface area contributed by atoms with E-state index in [4.69, 9.17) is 0 Å². The Morgan fingerprint density at radius 3 is 1.35 bits per heavy atom. The molecular weight excluding hydrogens is 593 g/mol. The fourth-order valence-electron chi connectivity index (χ4n) is 7.79. The second kappa shape index (κ2) is 11.1. The summed E-state index contributed by atoms with van der Waals surface area (Å²) in [5, 5.41) is 17.3. The smallest absolute Gasteiger partial charge is 0.123 e. The minimum atomic E-state index is 0.0541. The molecule has 0 aromatic heterocycles. The summed E-state index contributed by atoms with van der Waals surface area (Å²) in [7, 11) is 0. The Morgan fingerprint density at radius 2 is 0.755 bits per heavy atom. The number of benzene rings is 9. The first-order valence-corrected chi connectivity index (χ1v) is 17.0. The Morgan fingerprint density at radius 1 is 0.306 bits per heavy atom. The SMILES string of the molecule is c1ccc2c(c1)NC(c1ccc(-c3ccc4c(-c5ccc6ccccc6c5)c5ccccc5c(-c5ccc6ccccc6c5)c4c3)cc1)N2. The van der Waals surface area contributed by atoms with Crippen molar-refractivity contribution in [1.82, 2.24) is 0 Å². The fourth-order valence-corrected chi connectivity index (χ4v) is 7.79. The molecule has 0 bridgehead atoms. The second-order valence-electron chi connectivity index (χ2n) is 13.1. The average molecular weight is 625 g/mol. The zero-order valence-electron chi connectivity index (χ0n) is 26.8. The van der Waals surface area contributed by atoms with Crippen molar-refractivity contribution in [2.75, 3.05) is 10.6 Å². The van der Waals surface area contributed by atoms with E-state index in [-0.39, 0.29) is 6.17 Å². The lowest BCUT2D eigenvalue weighted by atomic mass is 9.84.